The van der Waals surface area contributed by atoms with Crippen molar-refractivity contribution in [1.29, 1.82) is 0 Å². The molecular formula is C8H16N2O3. The van der Waals surface area contributed by atoms with E-state index >= 15 is 0 Å². The van der Waals surface area contributed by atoms with Crippen molar-refractivity contribution in [3.05, 3.63) is 0 Å². The van der Waals surface area contributed by atoms with E-state index < -0.39 is 12.2 Å². The topological polar surface area (TPSA) is 64.0 Å². The molecule has 0 unspecified atom stereocenters. The summed E-state index contributed by atoms with van der Waals surface area (Å²) in [6, 6.07) is 0. The number of nitrogens with zero attached hydrogens (tertiary/aromatic N) is 2. The van der Waals surface area contributed by atoms with Gasteiger partial charge in [0.1, 0.15) is 0 Å². The highest BCUT2D eigenvalue weighted by Crippen LogP contribution is 2.09. The van der Waals surface area contributed by atoms with Gasteiger partial charge < -0.3 is 20.0 Å². The van der Waals surface area contributed by atoms with Crippen LogP contribution in [0.4, 0.5) is 0 Å². The molecule has 1 amide bonds. The van der Waals surface area contributed by atoms with Crippen molar-refractivity contribution in [1.82, 2.24) is 9.80 Å². The fourth-order valence-corrected chi connectivity index (χ4v) is 1.34. The molecule has 0 aromatic rings. The molecule has 1 aliphatic rings. The largest absolute Gasteiger partial charge is 0.388 e. The van der Waals surface area contributed by atoms with Crippen molar-refractivity contribution >= 4 is 5.91 Å². The van der Waals surface area contributed by atoms with E-state index in [2.05, 4.69) is 0 Å². The van der Waals surface area contributed by atoms with Crippen LogP contribution in [-0.2, 0) is 4.79 Å². The van der Waals surface area contributed by atoms with Crippen molar-refractivity contribution < 1.29 is 15.0 Å². The zero-order chi connectivity index (χ0) is 10.0. The quantitative estimate of drug-likeness (QED) is 0.532. The maximum atomic E-state index is 11.4. The minimum absolute atomic E-state index is 0.0550. The Labute approximate surface area is 77.6 Å². The van der Waals surface area contributed by atoms with Gasteiger partial charge in [0.05, 0.1) is 18.8 Å². The zero-order valence-corrected chi connectivity index (χ0v) is 7.97. The van der Waals surface area contributed by atoms with Crippen LogP contribution in [0.15, 0.2) is 0 Å². The van der Waals surface area contributed by atoms with Crippen LogP contribution in [0.1, 0.15) is 0 Å². The summed E-state index contributed by atoms with van der Waals surface area (Å²) in [6.07, 6.45) is -1.57. The monoisotopic (exact) mass is 188 g/mol. The number of rotatable bonds is 2. The number of amides is 1. The maximum absolute atomic E-state index is 11.4. The lowest BCUT2D eigenvalue weighted by Gasteiger charge is -2.17. The van der Waals surface area contributed by atoms with Crippen molar-refractivity contribution in [3.8, 4) is 0 Å². The maximum Gasteiger partial charge on any atom is 0.236 e. The molecule has 0 aromatic carbocycles. The Morgan fingerprint density at radius 2 is 1.85 bits per heavy atom. The number of aliphatic hydroxyl groups is 2. The van der Waals surface area contributed by atoms with E-state index in [1.807, 2.05) is 0 Å². The minimum atomic E-state index is -0.786. The van der Waals surface area contributed by atoms with Crippen molar-refractivity contribution in [2.24, 2.45) is 0 Å². The van der Waals surface area contributed by atoms with Gasteiger partial charge in [0.15, 0.2) is 0 Å². The zero-order valence-electron chi connectivity index (χ0n) is 7.97. The number of hydrogen-bond donors (Lipinski definition) is 2. The number of likely N-dealkylation sites (N-methyl/N-ethyl adjacent to an activating group) is 1. The molecule has 1 heterocycles. The molecular weight excluding hydrogens is 172 g/mol. The van der Waals surface area contributed by atoms with Crippen molar-refractivity contribution in [2.45, 2.75) is 12.2 Å². The second-order valence-corrected chi connectivity index (χ2v) is 3.67. The Morgan fingerprint density at radius 1 is 1.38 bits per heavy atom. The fourth-order valence-electron chi connectivity index (χ4n) is 1.34. The summed E-state index contributed by atoms with van der Waals surface area (Å²) < 4.78 is 0. The highest BCUT2D eigenvalue weighted by Gasteiger charge is 2.32. The number of carbonyl (C=O) groups excluding carboxylic acids is 1. The molecule has 2 atom stereocenters. The first kappa shape index (κ1) is 10.4. The molecule has 76 valence electrons. The van der Waals surface area contributed by atoms with E-state index in [9.17, 15) is 15.0 Å². The van der Waals surface area contributed by atoms with Crippen LogP contribution in [0, 0.1) is 0 Å². The number of hydrogen-bond acceptors (Lipinski definition) is 4. The second-order valence-electron chi connectivity index (χ2n) is 3.67. The van der Waals surface area contributed by atoms with Gasteiger partial charge in [-0.1, -0.05) is 0 Å². The molecule has 1 fully saturated rings. The third-order valence-corrected chi connectivity index (χ3v) is 2.06. The van der Waals surface area contributed by atoms with E-state index in [-0.39, 0.29) is 19.0 Å². The van der Waals surface area contributed by atoms with Gasteiger partial charge in [-0.05, 0) is 14.1 Å². The summed E-state index contributed by atoms with van der Waals surface area (Å²) in [4.78, 5) is 14.7. The molecule has 0 spiro atoms. The van der Waals surface area contributed by atoms with Gasteiger partial charge in [0, 0.05) is 13.1 Å². The summed E-state index contributed by atoms with van der Waals surface area (Å²) in [6.45, 7) is 0.807. The molecule has 0 aromatic heterocycles. The summed E-state index contributed by atoms with van der Waals surface area (Å²) in [7, 11) is 3.61. The normalized spacial score (nSPS) is 28.5. The standard InChI is InChI=1S/C8H16N2O3/c1-9(2)5-8(13)10-3-6(11)7(12)4-10/h6-7,11-12H,3-5H2,1-2H3/t6-,7+. The first-order valence-corrected chi connectivity index (χ1v) is 4.29. The molecule has 1 aliphatic heterocycles. The Hall–Kier alpha value is -0.650. The first-order chi connectivity index (χ1) is 6.00. The van der Waals surface area contributed by atoms with Crippen molar-refractivity contribution in [3.63, 3.8) is 0 Å². The fraction of sp³-hybridized carbons (Fsp3) is 0.875. The van der Waals surface area contributed by atoms with E-state index in [4.69, 9.17) is 0 Å². The van der Waals surface area contributed by atoms with Crippen LogP contribution < -0.4 is 0 Å². The molecule has 13 heavy (non-hydrogen) atoms. The number of aliphatic hydroxyl groups excluding tert-OH is 2. The van der Waals surface area contributed by atoms with E-state index in [0.717, 1.165) is 0 Å². The van der Waals surface area contributed by atoms with Crippen LogP contribution in [-0.4, -0.2) is 71.9 Å². The Kier molecular flexibility index (Phi) is 3.24. The molecule has 0 aliphatic carbocycles. The molecule has 1 rings (SSSR count). The highest BCUT2D eigenvalue weighted by molar-refractivity contribution is 5.78. The van der Waals surface area contributed by atoms with Gasteiger partial charge in [-0.3, -0.25) is 4.79 Å². The lowest BCUT2D eigenvalue weighted by atomic mass is 10.3. The molecule has 0 bridgehead atoms. The van der Waals surface area contributed by atoms with Crippen LogP contribution in [0.25, 0.3) is 0 Å². The molecule has 5 heteroatoms. The minimum Gasteiger partial charge on any atom is -0.388 e. The molecule has 5 nitrogen and oxygen atoms in total. The first-order valence-electron chi connectivity index (χ1n) is 4.29. The van der Waals surface area contributed by atoms with Crippen LogP contribution in [0.3, 0.4) is 0 Å². The lowest BCUT2D eigenvalue weighted by molar-refractivity contribution is -0.131. The highest BCUT2D eigenvalue weighted by atomic mass is 16.3. The molecule has 0 saturated carbocycles. The van der Waals surface area contributed by atoms with Gasteiger partial charge >= 0.3 is 0 Å². The molecule has 1 saturated heterocycles. The van der Waals surface area contributed by atoms with E-state index in [1.165, 1.54) is 4.90 Å². The summed E-state index contributed by atoms with van der Waals surface area (Å²) in [5.41, 5.74) is 0. The van der Waals surface area contributed by atoms with E-state index in [0.29, 0.717) is 6.54 Å². The SMILES string of the molecule is CN(C)CC(=O)N1C[C@@H](O)[C@@H](O)C1. The number of carbonyl (C=O) groups is 1. The average Bonchev–Trinajstić information content (AvgIpc) is 2.31. The number of likely N-dealkylation sites (tertiary alicyclic amines) is 1. The van der Waals surface area contributed by atoms with Crippen LogP contribution >= 0.6 is 0 Å². The van der Waals surface area contributed by atoms with Gasteiger partial charge in [0.25, 0.3) is 0 Å². The Bertz CT molecular complexity index is 186. The van der Waals surface area contributed by atoms with E-state index in [1.54, 1.807) is 19.0 Å². The van der Waals surface area contributed by atoms with Crippen LogP contribution in [0.5, 0.6) is 0 Å². The van der Waals surface area contributed by atoms with Crippen molar-refractivity contribution in [2.75, 3.05) is 33.7 Å². The predicted molar refractivity (Wildman–Crippen MR) is 47.1 cm³/mol. The summed E-state index contributed by atoms with van der Waals surface area (Å²) >= 11 is 0. The predicted octanol–water partition coefficient (Wildman–Crippen LogP) is -1.89. The van der Waals surface area contributed by atoms with Crippen LogP contribution in [0.2, 0.25) is 0 Å². The lowest BCUT2D eigenvalue weighted by Crippen LogP contribution is -2.36. The Morgan fingerprint density at radius 3 is 2.23 bits per heavy atom. The van der Waals surface area contributed by atoms with Gasteiger partial charge in [-0.15, -0.1) is 0 Å². The second kappa shape index (κ2) is 4.04. The number of β-amino-alcohol motifs (C(OH)–C–C–N with tert-alkyl or cyclic N) is 2. The van der Waals surface area contributed by atoms with Gasteiger partial charge in [-0.25, -0.2) is 0 Å². The molecule has 0 radical (unpaired) electrons. The molecule has 2 N–H and O–H groups in total. The summed E-state index contributed by atoms with van der Waals surface area (Å²) in [5.74, 6) is -0.0550. The third-order valence-electron chi connectivity index (χ3n) is 2.06. The smallest absolute Gasteiger partial charge is 0.236 e. The Balaban J connectivity index is 2.42. The summed E-state index contributed by atoms with van der Waals surface area (Å²) in [5, 5.41) is 18.4. The third kappa shape index (κ3) is 2.65. The average molecular weight is 188 g/mol. The van der Waals surface area contributed by atoms with Gasteiger partial charge in [-0.2, -0.15) is 0 Å². The van der Waals surface area contributed by atoms with Gasteiger partial charge in [0.2, 0.25) is 5.91 Å².